The largest absolute Gasteiger partial charge is 0.497 e. The summed E-state index contributed by atoms with van der Waals surface area (Å²) >= 11 is 8.91. The van der Waals surface area contributed by atoms with Gasteiger partial charge in [0.25, 0.3) is 0 Å². The van der Waals surface area contributed by atoms with Crippen LogP contribution in [0.5, 0.6) is 17.2 Å². The second-order valence-corrected chi connectivity index (χ2v) is 4.96. The van der Waals surface area contributed by atoms with Crippen LogP contribution in [0, 0.1) is 5.82 Å². The quantitative estimate of drug-likeness (QED) is 0.651. The molecule has 2 rings (SSSR count). The summed E-state index contributed by atoms with van der Waals surface area (Å²) in [4.78, 5) is 0. The molecule has 0 aliphatic rings. The van der Waals surface area contributed by atoms with Crippen LogP contribution in [0.15, 0.2) is 34.8 Å². The molecule has 0 saturated carbocycles. The first-order chi connectivity index (χ1) is 9.01. The molecule has 6 heteroatoms. The number of rotatable bonds is 3. The highest BCUT2D eigenvalue weighted by Crippen LogP contribution is 2.36. The van der Waals surface area contributed by atoms with Gasteiger partial charge in [-0.25, -0.2) is 4.39 Å². The number of anilines is 1. The number of nitrogen functional groups attached to an aromatic ring is 1. The summed E-state index contributed by atoms with van der Waals surface area (Å²) in [5.41, 5.74) is 6.21. The van der Waals surface area contributed by atoms with Gasteiger partial charge in [0.2, 0.25) is 0 Å². The van der Waals surface area contributed by atoms with E-state index in [0.717, 1.165) is 0 Å². The molecule has 0 bridgehead atoms. The lowest BCUT2D eigenvalue weighted by molar-refractivity contribution is 0.413. The summed E-state index contributed by atoms with van der Waals surface area (Å²) in [6.45, 7) is 0. The molecule has 0 spiro atoms. The maximum atomic E-state index is 13.4. The van der Waals surface area contributed by atoms with Crippen molar-refractivity contribution in [3.8, 4) is 17.2 Å². The van der Waals surface area contributed by atoms with E-state index >= 15 is 0 Å². The van der Waals surface area contributed by atoms with E-state index in [2.05, 4.69) is 15.9 Å². The molecular formula is C13H10BrClFNO2. The summed E-state index contributed by atoms with van der Waals surface area (Å²) in [7, 11) is 1.54. The van der Waals surface area contributed by atoms with Gasteiger partial charge in [-0.1, -0.05) is 11.6 Å². The standard InChI is InChI=1S/C13H10BrClFNO2/c1-18-7-2-3-12(11(17)4-7)19-13-6-10(16)9(15)5-8(13)14/h2-6H,17H2,1H3. The third-order valence-corrected chi connectivity index (χ3v) is 3.32. The van der Waals surface area contributed by atoms with Crippen LogP contribution in [0.4, 0.5) is 10.1 Å². The zero-order valence-electron chi connectivity index (χ0n) is 9.91. The van der Waals surface area contributed by atoms with Gasteiger partial charge in [0.05, 0.1) is 22.3 Å². The van der Waals surface area contributed by atoms with Crippen molar-refractivity contribution in [2.24, 2.45) is 0 Å². The van der Waals surface area contributed by atoms with E-state index in [9.17, 15) is 4.39 Å². The minimum atomic E-state index is -0.563. The number of hydrogen-bond acceptors (Lipinski definition) is 3. The van der Waals surface area contributed by atoms with Crippen molar-refractivity contribution in [2.75, 3.05) is 12.8 Å². The van der Waals surface area contributed by atoms with E-state index in [1.807, 2.05) is 0 Å². The molecule has 2 N–H and O–H groups in total. The summed E-state index contributed by atoms with van der Waals surface area (Å²) in [5, 5.41) is 0.0157. The highest BCUT2D eigenvalue weighted by molar-refractivity contribution is 9.10. The highest BCUT2D eigenvalue weighted by Gasteiger charge is 2.11. The Morgan fingerprint density at radius 1 is 1.21 bits per heavy atom. The molecule has 0 saturated heterocycles. The van der Waals surface area contributed by atoms with Crippen LogP contribution >= 0.6 is 27.5 Å². The summed E-state index contributed by atoms with van der Waals surface area (Å²) in [6.07, 6.45) is 0. The lowest BCUT2D eigenvalue weighted by atomic mass is 10.2. The van der Waals surface area contributed by atoms with Crippen molar-refractivity contribution in [3.63, 3.8) is 0 Å². The number of benzene rings is 2. The number of nitrogens with two attached hydrogens (primary N) is 1. The molecule has 0 amide bonds. The second-order valence-electron chi connectivity index (χ2n) is 3.70. The van der Waals surface area contributed by atoms with Crippen LogP contribution in [0.2, 0.25) is 5.02 Å². The second kappa shape index (κ2) is 5.67. The molecule has 0 unspecified atom stereocenters. The monoisotopic (exact) mass is 345 g/mol. The van der Waals surface area contributed by atoms with Crippen LogP contribution < -0.4 is 15.2 Å². The maximum Gasteiger partial charge on any atom is 0.150 e. The Labute approximate surface area is 123 Å². The Balaban J connectivity index is 2.33. The molecule has 0 fully saturated rings. The average molecular weight is 347 g/mol. The first-order valence-electron chi connectivity index (χ1n) is 5.27. The highest BCUT2D eigenvalue weighted by atomic mass is 79.9. The van der Waals surface area contributed by atoms with Crippen molar-refractivity contribution in [2.45, 2.75) is 0 Å². The van der Waals surface area contributed by atoms with Gasteiger partial charge >= 0.3 is 0 Å². The van der Waals surface area contributed by atoms with Crippen molar-refractivity contribution < 1.29 is 13.9 Å². The minimum absolute atomic E-state index is 0.0157. The van der Waals surface area contributed by atoms with Gasteiger partial charge in [-0.3, -0.25) is 0 Å². The molecule has 0 aliphatic carbocycles. The van der Waals surface area contributed by atoms with Gasteiger partial charge < -0.3 is 15.2 Å². The lowest BCUT2D eigenvalue weighted by Crippen LogP contribution is -1.94. The van der Waals surface area contributed by atoms with Gasteiger partial charge in [-0.15, -0.1) is 0 Å². The van der Waals surface area contributed by atoms with Crippen LogP contribution in [-0.4, -0.2) is 7.11 Å². The number of hydrogen-bond donors (Lipinski definition) is 1. The van der Waals surface area contributed by atoms with Crippen LogP contribution in [0.1, 0.15) is 0 Å². The van der Waals surface area contributed by atoms with Gasteiger partial charge in [0, 0.05) is 12.1 Å². The normalized spacial score (nSPS) is 10.3. The Hall–Kier alpha value is -1.46. The van der Waals surface area contributed by atoms with Crippen LogP contribution in [-0.2, 0) is 0 Å². The van der Waals surface area contributed by atoms with Crippen molar-refractivity contribution in [1.82, 2.24) is 0 Å². The van der Waals surface area contributed by atoms with E-state index in [1.165, 1.54) is 12.1 Å². The van der Waals surface area contributed by atoms with Gasteiger partial charge in [0.15, 0.2) is 5.75 Å². The molecule has 0 aliphatic heterocycles. The first kappa shape index (κ1) is 14.0. The van der Waals surface area contributed by atoms with Crippen LogP contribution in [0.3, 0.4) is 0 Å². The Morgan fingerprint density at radius 2 is 1.95 bits per heavy atom. The third kappa shape index (κ3) is 3.11. The summed E-state index contributed by atoms with van der Waals surface area (Å²) in [6, 6.07) is 7.58. The molecule has 0 heterocycles. The molecule has 0 radical (unpaired) electrons. The Morgan fingerprint density at radius 3 is 2.58 bits per heavy atom. The van der Waals surface area contributed by atoms with Crippen molar-refractivity contribution in [1.29, 1.82) is 0 Å². The molecule has 0 atom stereocenters. The molecule has 2 aromatic carbocycles. The minimum Gasteiger partial charge on any atom is -0.497 e. The molecular weight excluding hydrogens is 337 g/mol. The average Bonchev–Trinajstić information content (AvgIpc) is 2.38. The van der Waals surface area contributed by atoms with E-state index in [-0.39, 0.29) is 5.02 Å². The van der Waals surface area contributed by atoms with E-state index < -0.39 is 5.82 Å². The zero-order chi connectivity index (χ0) is 14.0. The SMILES string of the molecule is COc1ccc(Oc2cc(F)c(Cl)cc2Br)c(N)c1. The summed E-state index contributed by atoms with van der Waals surface area (Å²) in [5.74, 6) is 0.750. The maximum absolute atomic E-state index is 13.4. The van der Waals surface area contributed by atoms with E-state index in [4.69, 9.17) is 26.8 Å². The Kier molecular flexibility index (Phi) is 4.17. The fourth-order valence-corrected chi connectivity index (χ4v) is 2.17. The van der Waals surface area contributed by atoms with Crippen LogP contribution in [0.25, 0.3) is 0 Å². The molecule has 19 heavy (non-hydrogen) atoms. The topological polar surface area (TPSA) is 44.5 Å². The van der Waals surface area contributed by atoms with E-state index in [1.54, 1.807) is 25.3 Å². The van der Waals surface area contributed by atoms with Gasteiger partial charge in [0.1, 0.15) is 17.3 Å². The predicted octanol–water partition coefficient (Wildman–Crippen LogP) is 4.62. The fourth-order valence-electron chi connectivity index (χ4n) is 1.45. The predicted molar refractivity (Wildman–Crippen MR) is 76.6 cm³/mol. The molecule has 0 aromatic heterocycles. The molecule has 3 nitrogen and oxygen atoms in total. The molecule has 100 valence electrons. The van der Waals surface area contributed by atoms with Crippen molar-refractivity contribution in [3.05, 3.63) is 45.6 Å². The van der Waals surface area contributed by atoms with Crippen molar-refractivity contribution >= 4 is 33.2 Å². The van der Waals surface area contributed by atoms with Gasteiger partial charge in [-0.05, 0) is 34.1 Å². The smallest absolute Gasteiger partial charge is 0.150 e. The lowest BCUT2D eigenvalue weighted by Gasteiger charge is -2.11. The number of ether oxygens (including phenoxy) is 2. The van der Waals surface area contributed by atoms with Gasteiger partial charge in [-0.2, -0.15) is 0 Å². The third-order valence-electron chi connectivity index (χ3n) is 2.41. The molecule has 2 aromatic rings. The van der Waals surface area contributed by atoms with E-state index in [0.29, 0.717) is 27.4 Å². The number of methoxy groups -OCH3 is 1. The summed E-state index contributed by atoms with van der Waals surface area (Å²) < 4.78 is 24.5. The Bertz CT molecular complexity index is 622. The fraction of sp³-hybridized carbons (Fsp3) is 0.0769. The zero-order valence-corrected chi connectivity index (χ0v) is 12.3. The first-order valence-corrected chi connectivity index (χ1v) is 6.44. The number of halogens is 3.